The lowest BCUT2D eigenvalue weighted by Gasteiger charge is -2.20. The summed E-state index contributed by atoms with van der Waals surface area (Å²) in [5.74, 6) is -0.671. The van der Waals surface area contributed by atoms with E-state index in [9.17, 15) is 13.2 Å². The summed E-state index contributed by atoms with van der Waals surface area (Å²) in [4.78, 5) is 11.1. The van der Waals surface area contributed by atoms with Crippen molar-refractivity contribution in [1.82, 2.24) is 4.31 Å². The summed E-state index contributed by atoms with van der Waals surface area (Å²) >= 11 is 4.47. The molecule has 1 atom stereocenters. The number of benzene rings is 1. The van der Waals surface area contributed by atoms with Crippen molar-refractivity contribution in [2.24, 2.45) is 0 Å². The van der Waals surface area contributed by atoms with Crippen LogP contribution in [-0.4, -0.2) is 41.5 Å². The molecule has 1 saturated heterocycles. The van der Waals surface area contributed by atoms with Crippen LogP contribution in [0.25, 0.3) is 0 Å². The molecule has 1 aromatic carbocycles. The minimum absolute atomic E-state index is 0.0961. The van der Waals surface area contributed by atoms with Crippen molar-refractivity contribution >= 4 is 43.7 Å². The minimum atomic E-state index is -3.78. The smallest absolute Gasteiger partial charge is 0.322 e. The third kappa shape index (κ3) is 2.42. The van der Waals surface area contributed by atoms with Crippen LogP contribution in [0.1, 0.15) is 0 Å². The SMILES string of the molecule is O=C(O)[C@@H]1CSCN1S(=O)(=O)c1ccccc1Br. The van der Waals surface area contributed by atoms with Crippen LogP contribution in [0.4, 0.5) is 0 Å². The second kappa shape index (κ2) is 5.20. The van der Waals surface area contributed by atoms with Gasteiger partial charge in [0.15, 0.2) is 0 Å². The molecule has 0 radical (unpaired) electrons. The molecule has 0 amide bonds. The molecule has 0 aliphatic carbocycles. The first-order valence-corrected chi connectivity index (χ1v) is 8.40. The second-order valence-corrected chi connectivity index (χ2v) is 7.39. The van der Waals surface area contributed by atoms with E-state index in [1.54, 1.807) is 18.2 Å². The summed E-state index contributed by atoms with van der Waals surface area (Å²) in [5.41, 5.74) is 0. The molecular weight excluding hydrogens is 342 g/mol. The van der Waals surface area contributed by atoms with Gasteiger partial charge >= 0.3 is 5.97 Å². The summed E-state index contributed by atoms with van der Waals surface area (Å²) < 4.78 is 26.2. The number of thioether (sulfide) groups is 1. The number of aliphatic carboxylic acids is 1. The Morgan fingerprint density at radius 2 is 2.11 bits per heavy atom. The summed E-state index contributed by atoms with van der Waals surface area (Å²) in [6.45, 7) is 0. The molecule has 8 heteroatoms. The molecule has 1 aromatic rings. The fourth-order valence-electron chi connectivity index (χ4n) is 1.64. The number of sulfonamides is 1. The number of rotatable bonds is 3. The Morgan fingerprint density at radius 3 is 2.72 bits per heavy atom. The van der Waals surface area contributed by atoms with Crippen LogP contribution in [0.15, 0.2) is 33.6 Å². The molecule has 1 aliphatic rings. The molecule has 18 heavy (non-hydrogen) atoms. The van der Waals surface area contributed by atoms with E-state index in [0.717, 1.165) is 4.31 Å². The number of carboxylic acids is 1. The molecule has 5 nitrogen and oxygen atoms in total. The predicted octanol–water partition coefficient (Wildman–Crippen LogP) is 1.60. The highest BCUT2D eigenvalue weighted by atomic mass is 79.9. The summed E-state index contributed by atoms with van der Waals surface area (Å²) in [6.07, 6.45) is 0. The minimum Gasteiger partial charge on any atom is -0.480 e. The zero-order chi connectivity index (χ0) is 13.3. The lowest BCUT2D eigenvalue weighted by Crippen LogP contribution is -2.41. The number of hydrogen-bond acceptors (Lipinski definition) is 4. The average molecular weight is 352 g/mol. The number of carboxylic acid groups (broad SMARTS) is 1. The second-order valence-electron chi connectivity index (χ2n) is 3.68. The zero-order valence-corrected chi connectivity index (χ0v) is 12.3. The Bertz CT molecular complexity index is 575. The van der Waals surface area contributed by atoms with Gasteiger partial charge in [0, 0.05) is 10.2 Å². The van der Waals surface area contributed by atoms with Crippen LogP contribution in [0.3, 0.4) is 0 Å². The molecule has 0 bridgehead atoms. The van der Waals surface area contributed by atoms with Crippen LogP contribution in [0.2, 0.25) is 0 Å². The van der Waals surface area contributed by atoms with E-state index in [0.29, 0.717) is 4.47 Å². The van der Waals surface area contributed by atoms with E-state index in [1.807, 2.05) is 0 Å². The first kappa shape index (κ1) is 13.9. The maximum atomic E-state index is 12.4. The normalized spacial score (nSPS) is 21.1. The largest absolute Gasteiger partial charge is 0.480 e. The molecular formula is C10H10BrNO4S2. The number of carbonyl (C=O) groups is 1. The van der Waals surface area contributed by atoms with Crippen LogP contribution >= 0.6 is 27.7 Å². The van der Waals surface area contributed by atoms with Gasteiger partial charge in [0.05, 0.1) is 10.8 Å². The molecule has 1 fully saturated rings. The van der Waals surface area contributed by atoms with Crippen molar-refractivity contribution < 1.29 is 18.3 Å². The van der Waals surface area contributed by atoms with E-state index in [1.165, 1.54) is 17.8 Å². The lowest BCUT2D eigenvalue weighted by atomic mass is 10.4. The van der Waals surface area contributed by atoms with Gasteiger partial charge < -0.3 is 5.11 Å². The van der Waals surface area contributed by atoms with Crippen molar-refractivity contribution in [2.75, 3.05) is 11.6 Å². The van der Waals surface area contributed by atoms with E-state index >= 15 is 0 Å². The zero-order valence-electron chi connectivity index (χ0n) is 9.11. The van der Waals surface area contributed by atoms with Crippen LogP contribution in [0.5, 0.6) is 0 Å². The Hall–Kier alpha value is -0.570. The van der Waals surface area contributed by atoms with Crippen LogP contribution in [-0.2, 0) is 14.8 Å². The van der Waals surface area contributed by atoms with Crippen molar-refractivity contribution in [2.45, 2.75) is 10.9 Å². The predicted molar refractivity (Wildman–Crippen MR) is 71.9 cm³/mol. The van der Waals surface area contributed by atoms with E-state index < -0.39 is 22.0 Å². The van der Waals surface area contributed by atoms with Gasteiger partial charge in [-0.15, -0.1) is 11.8 Å². The fraction of sp³-hybridized carbons (Fsp3) is 0.300. The molecule has 1 aliphatic heterocycles. The van der Waals surface area contributed by atoms with Crippen molar-refractivity contribution in [3.63, 3.8) is 0 Å². The van der Waals surface area contributed by atoms with Gasteiger partial charge in [-0.25, -0.2) is 8.42 Å². The Labute approximate surface area is 117 Å². The lowest BCUT2D eigenvalue weighted by molar-refractivity contribution is -0.140. The third-order valence-electron chi connectivity index (χ3n) is 2.55. The molecule has 1 N–H and O–H groups in total. The van der Waals surface area contributed by atoms with Gasteiger partial charge in [-0.05, 0) is 28.1 Å². The fourth-order valence-corrected chi connectivity index (χ4v) is 5.74. The van der Waals surface area contributed by atoms with Gasteiger partial charge in [0.2, 0.25) is 10.0 Å². The summed E-state index contributed by atoms with van der Waals surface area (Å²) in [7, 11) is -3.78. The topological polar surface area (TPSA) is 74.7 Å². The number of nitrogens with zero attached hydrogens (tertiary/aromatic N) is 1. The van der Waals surface area contributed by atoms with E-state index in [2.05, 4.69) is 15.9 Å². The quantitative estimate of drug-likeness (QED) is 0.894. The van der Waals surface area contributed by atoms with Gasteiger partial charge in [-0.3, -0.25) is 4.79 Å². The summed E-state index contributed by atoms with van der Waals surface area (Å²) in [5, 5.41) is 9.03. The number of hydrogen-bond donors (Lipinski definition) is 1. The van der Waals surface area contributed by atoms with Crippen molar-refractivity contribution in [3.05, 3.63) is 28.7 Å². The van der Waals surface area contributed by atoms with Gasteiger partial charge in [-0.1, -0.05) is 12.1 Å². The Morgan fingerprint density at radius 1 is 1.44 bits per heavy atom. The molecule has 1 heterocycles. The van der Waals surface area contributed by atoms with Gasteiger partial charge in [0.1, 0.15) is 6.04 Å². The van der Waals surface area contributed by atoms with E-state index in [4.69, 9.17) is 5.11 Å². The maximum absolute atomic E-state index is 12.4. The molecule has 0 spiro atoms. The molecule has 0 saturated carbocycles. The monoisotopic (exact) mass is 351 g/mol. The van der Waals surface area contributed by atoms with Crippen molar-refractivity contribution in [3.8, 4) is 0 Å². The third-order valence-corrected chi connectivity index (χ3v) is 6.59. The van der Waals surface area contributed by atoms with E-state index in [-0.39, 0.29) is 16.5 Å². The van der Waals surface area contributed by atoms with Crippen molar-refractivity contribution in [1.29, 1.82) is 0 Å². The standard InChI is InChI=1S/C10H10BrNO4S2/c11-7-3-1-2-4-9(7)18(15,16)12-6-17-5-8(12)10(13)14/h1-4,8H,5-6H2,(H,13,14)/t8-/m0/s1. The molecule has 0 unspecified atom stereocenters. The first-order chi connectivity index (χ1) is 8.44. The molecule has 2 rings (SSSR count). The van der Waals surface area contributed by atoms with Crippen LogP contribution in [0, 0.1) is 0 Å². The summed E-state index contributed by atoms with van der Waals surface area (Å²) in [6, 6.07) is 5.40. The molecule has 0 aromatic heterocycles. The highest BCUT2D eigenvalue weighted by Gasteiger charge is 2.40. The highest BCUT2D eigenvalue weighted by molar-refractivity contribution is 9.10. The Kier molecular flexibility index (Phi) is 4.00. The highest BCUT2D eigenvalue weighted by Crippen LogP contribution is 2.31. The number of halogens is 1. The Balaban J connectivity index is 2.43. The molecule has 98 valence electrons. The first-order valence-electron chi connectivity index (χ1n) is 5.01. The maximum Gasteiger partial charge on any atom is 0.322 e. The van der Waals surface area contributed by atoms with Gasteiger partial charge in [0.25, 0.3) is 0 Å². The van der Waals surface area contributed by atoms with Crippen LogP contribution < -0.4 is 0 Å². The average Bonchev–Trinajstić information content (AvgIpc) is 2.78. The van der Waals surface area contributed by atoms with Gasteiger partial charge in [-0.2, -0.15) is 4.31 Å².